The predicted octanol–water partition coefficient (Wildman–Crippen LogP) is 2.28. The number of methoxy groups -OCH3 is 1. The van der Waals surface area contributed by atoms with Crippen molar-refractivity contribution < 1.29 is 4.74 Å². The number of nitriles is 1. The molecule has 0 radical (unpaired) electrons. The van der Waals surface area contributed by atoms with Gasteiger partial charge in [0.1, 0.15) is 0 Å². The van der Waals surface area contributed by atoms with Crippen LogP contribution in [0.2, 0.25) is 0 Å². The Balaban J connectivity index is 2.17. The van der Waals surface area contributed by atoms with Crippen molar-refractivity contribution in [3.8, 4) is 23.2 Å². The van der Waals surface area contributed by atoms with Gasteiger partial charge in [-0.25, -0.2) is 9.97 Å². The number of imidazole rings is 1. The quantitative estimate of drug-likeness (QED) is 0.700. The lowest BCUT2D eigenvalue weighted by Gasteiger charge is -2.03. The fourth-order valence-electron chi connectivity index (χ4n) is 1.97. The molecule has 2 heterocycles. The van der Waals surface area contributed by atoms with Crippen molar-refractivity contribution in [2.75, 3.05) is 7.11 Å². The third-order valence-corrected chi connectivity index (χ3v) is 2.90. The van der Waals surface area contributed by atoms with Gasteiger partial charge in [-0.2, -0.15) is 5.26 Å². The molecule has 0 atom stereocenters. The van der Waals surface area contributed by atoms with Crippen molar-refractivity contribution in [1.82, 2.24) is 14.4 Å². The van der Waals surface area contributed by atoms with E-state index in [1.54, 1.807) is 31.6 Å². The minimum absolute atomic E-state index is 0.488. The first kappa shape index (κ1) is 11.2. The van der Waals surface area contributed by atoms with Gasteiger partial charge in [0.2, 0.25) is 5.65 Å². The van der Waals surface area contributed by atoms with Crippen LogP contribution in [0.4, 0.5) is 0 Å². The van der Waals surface area contributed by atoms with Crippen LogP contribution in [0.1, 0.15) is 5.56 Å². The van der Waals surface area contributed by atoms with Gasteiger partial charge in [-0.3, -0.25) is 4.40 Å². The van der Waals surface area contributed by atoms with Crippen LogP contribution in [-0.2, 0) is 0 Å². The normalized spacial score (nSPS) is 10.3. The molecule has 0 spiro atoms. The maximum absolute atomic E-state index is 8.81. The van der Waals surface area contributed by atoms with Crippen LogP contribution >= 0.6 is 0 Å². The van der Waals surface area contributed by atoms with Gasteiger partial charge < -0.3 is 4.74 Å². The predicted molar refractivity (Wildman–Crippen MR) is 69.7 cm³/mol. The summed E-state index contributed by atoms with van der Waals surface area (Å²) in [6.07, 6.45) is 5.26. The number of rotatable bonds is 2. The molecule has 0 N–H and O–H groups in total. The molecule has 0 aliphatic carbocycles. The molecule has 0 unspecified atom stereocenters. The van der Waals surface area contributed by atoms with Crippen LogP contribution in [0.5, 0.6) is 5.88 Å². The molecule has 3 rings (SSSR count). The number of nitrogens with zero attached hydrogens (tertiary/aromatic N) is 4. The van der Waals surface area contributed by atoms with Crippen LogP contribution in [0.15, 0.2) is 42.9 Å². The molecule has 0 amide bonds. The van der Waals surface area contributed by atoms with Crippen molar-refractivity contribution in [1.29, 1.82) is 5.26 Å². The summed E-state index contributed by atoms with van der Waals surface area (Å²) in [5.74, 6) is 0.488. The van der Waals surface area contributed by atoms with Crippen LogP contribution in [0, 0.1) is 11.3 Å². The minimum atomic E-state index is 0.488. The Bertz CT molecular complexity index is 768. The first-order chi connectivity index (χ1) is 9.33. The highest BCUT2D eigenvalue weighted by Crippen LogP contribution is 2.24. The van der Waals surface area contributed by atoms with E-state index >= 15 is 0 Å². The summed E-state index contributed by atoms with van der Waals surface area (Å²) in [4.78, 5) is 8.43. The Morgan fingerprint density at radius 1 is 1.21 bits per heavy atom. The molecule has 0 fully saturated rings. The lowest BCUT2D eigenvalue weighted by atomic mass is 10.1. The monoisotopic (exact) mass is 250 g/mol. The average Bonchev–Trinajstić information content (AvgIpc) is 2.91. The van der Waals surface area contributed by atoms with E-state index in [1.807, 2.05) is 22.7 Å². The van der Waals surface area contributed by atoms with E-state index in [0.717, 1.165) is 11.3 Å². The molecule has 0 saturated carbocycles. The molecule has 0 aliphatic heterocycles. The molecule has 92 valence electrons. The zero-order valence-electron chi connectivity index (χ0n) is 10.2. The smallest absolute Gasteiger partial charge is 0.258 e. The number of hydrogen-bond acceptors (Lipinski definition) is 4. The molecule has 5 nitrogen and oxygen atoms in total. The molecule has 0 aliphatic rings. The van der Waals surface area contributed by atoms with Crippen LogP contribution in [-0.4, -0.2) is 21.5 Å². The summed E-state index contributed by atoms with van der Waals surface area (Å²) >= 11 is 0. The zero-order valence-corrected chi connectivity index (χ0v) is 10.2. The Kier molecular flexibility index (Phi) is 2.62. The third kappa shape index (κ3) is 1.79. The molecule has 0 bridgehead atoms. The largest absolute Gasteiger partial charge is 0.478 e. The van der Waals surface area contributed by atoms with Gasteiger partial charge in [0.05, 0.1) is 30.6 Å². The van der Waals surface area contributed by atoms with Gasteiger partial charge in [-0.15, -0.1) is 0 Å². The Morgan fingerprint density at radius 2 is 2.00 bits per heavy atom. The summed E-state index contributed by atoms with van der Waals surface area (Å²) in [7, 11) is 1.57. The fraction of sp³-hybridized carbons (Fsp3) is 0.0714. The molecule has 0 saturated heterocycles. The van der Waals surface area contributed by atoms with Crippen molar-refractivity contribution in [2.24, 2.45) is 0 Å². The van der Waals surface area contributed by atoms with Gasteiger partial charge in [0, 0.05) is 18.0 Å². The minimum Gasteiger partial charge on any atom is -0.478 e. The molecule has 5 heteroatoms. The van der Waals surface area contributed by atoms with E-state index < -0.39 is 0 Å². The maximum atomic E-state index is 8.81. The summed E-state index contributed by atoms with van der Waals surface area (Å²) < 4.78 is 7.09. The summed E-state index contributed by atoms with van der Waals surface area (Å²) in [5, 5.41) is 8.81. The van der Waals surface area contributed by atoms with E-state index in [1.165, 1.54) is 0 Å². The van der Waals surface area contributed by atoms with E-state index in [0.29, 0.717) is 17.1 Å². The topological polar surface area (TPSA) is 63.2 Å². The number of aromatic nitrogens is 3. The van der Waals surface area contributed by atoms with Crippen LogP contribution in [0.3, 0.4) is 0 Å². The molecular weight excluding hydrogens is 240 g/mol. The first-order valence-electron chi connectivity index (χ1n) is 5.70. The van der Waals surface area contributed by atoms with Gasteiger partial charge in [-0.05, 0) is 12.1 Å². The van der Waals surface area contributed by atoms with Gasteiger partial charge >= 0.3 is 0 Å². The SMILES string of the molecule is COc1nccn2c(-c3ccc(C#N)cc3)cnc12. The summed E-state index contributed by atoms with van der Waals surface area (Å²) in [6.45, 7) is 0. The molecule has 3 aromatic rings. The van der Waals surface area contributed by atoms with Gasteiger partial charge in [0.15, 0.2) is 0 Å². The number of fused-ring (bicyclic) bond motifs is 1. The Labute approximate surface area is 109 Å². The maximum Gasteiger partial charge on any atom is 0.258 e. The lowest BCUT2D eigenvalue weighted by molar-refractivity contribution is 0.400. The molecule has 2 aromatic heterocycles. The number of ether oxygens (including phenoxy) is 1. The highest BCUT2D eigenvalue weighted by atomic mass is 16.5. The zero-order chi connectivity index (χ0) is 13.2. The highest BCUT2D eigenvalue weighted by Gasteiger charge is 2.10. The Hall–Kier alpha value is -2.87. The lowest BCUT2D eigenvalue weighted by Crippen LogP contribution is -1.94. The van der Waals surface area contributed by atoms with E-state index in [9.17, 15) is 0 Å². The van der Waals surface area contributed by atoms with Crippen molar-refractivity contribution >= 4 is 5.65 Å². The molecule has 19 heavy (non-hydrogen) atoms. The second-order valence-electron chi connectivity index (χ2n) is 3.96. The second-order valence-corrected chi connectivity index (χ2v) is 3.96. The van der Waals surface area contributed by atoms with Crippen LogP contribution < -0.4 is 4.74 Å². The summed E-state index contributed by atoms with van der Waals surface area (Å²) in [5.41, 5.74) is 3.22. The average molecular weight is 250 g/mol. The number of benzene rings is 1. The van der Waals surface area contributed by atoms with Gasteiger partial charge in [0.25, 0.3) is 5.88 Å². The van der Waals surface area contributed by atoms with Crippen molar-refractivity contribution in [3.05, 3.63) is 48.4 Å². The summed E-state index contributed by atoms with van der Waals surface area (Å²) in [6, 6.07) is 9.47. The van der Waals surface area contributed by atoms with E-state index in [2.05, 4.69) is 16.0 Å². The van der Waals surface area contributed by atoms with E-state index in [-0.39, 0.29) is 0 Å². The fourth-order valence-corrected chi connectivity index (χ4v) is 1.97. The number of hydrogen-bond donors (Lipinski definition) is 0. The van der Waals surface area contributed by atoms with Crippen LogP contribution in [0.25, 0.3) is 16.9 Å². The van der Waals surface area contributed by atoms with E-state index in [4.69, 9.17) is 10.00 Å². The first-order valence-corrected chi connectivity index (χ1v) is 5.70. The third-order valence-electron chi connectivity index (χ3n) is 2.90. The van der Waals surface area contributed by atoms with Gasteiger partial charge in [-0.1, -0.05) is 12.1 Å². The van der Waals surface area contributed by atoms with Crippen molar-refractivity contribution in [2.45, 2.75) is 0 Å². The Morgan fingerprint density at radius 3 is 2.68 bits per heavy atom. The highest BCUT2D eigenvalue weighted by molar-refractivity contribution is 5.66. The second kappa shape index (κ2) is 4.42. The van der Waals surface area contributed by atoms with Crippen molar-refractivity contribution in [3.63, 3.8) is 0 Å². The molecular formula is C14H10N4O. The molecule has 1 aromatic carbocycles. The standard InChI is InChI=1S/C14H10N4O/c1-19-14-13-17-9-12(18(13)7-6-16-14)11-4-2-10(8-15)3-5-11/h2-7,9H,1H3.